The molecule has 0 aromatic heterocycles. The normalized spacial score (nSPS) is 17.4. The molecule has 2 N–H and O–H groups in total. The lowest BCUT2D eigenvalue weighted by Gasteiger charge is -2.19. The van der Waals surface area contributed by atoms with E-state index in [0.717, 1.165) is 42.2 Å². The number of rotatable bonds is 4. The minimum absolute atomic E-state index is 0.173. The molecule has 0 bridgehead atoms. The Kier molecular flexibility index (Phi) is 3.95. The molecule has 1 heterocycles. The molecule has 0 radical (unpaired) electrons. The molecule has 2 rings (SSSR count). The van der Waals surface area contributed by atoms with Crippen molar-refractivity contribution >= 4 is 11.6 Å². The molecular formula is C14H20ClNO. The Morgan fingerprint density at radius 3 is 2.94 bits per heavy atom. The summed E-state index contributed by atoms with van der Waals surface area (Å²) in [7, 11) is 0. The van der Waals surface area contributed by atoms with Crippen LogP contribution >= 0.6 is 11.6 Å². The number of halogens is 1. The fourth-order valence-corrected chi connectivity index (χ4v) is 2.52. The van der Waals surface area contributed by atoms with Gasteiger partial charge in [-0.1, -0.05) is 31.9 Å². The Morgan fingerprint density at radius 2 is 2.24 bits per heavy atom. The highest BCUT2D eigenvalue weighted by Gasteiger charge is 2.20. The first-order chi connectivity index (χ1) is 8.11. The molecule has 0 saturated carbocycles. The van der Waals surface area contributed by atoms with Crippen LogP contribution in [-0.4, -0.2) is 12.6 Å². The standard InChI is InChI=1S/C14H20ClNO/c1-3-9(2)13(16)8-11-7-12(15)6-10-4-5-17-14(10)11/h6-7,9,13H,3-5,8,16H2,1-2H3. The van der Waals surface area contributed by atoms with Gasteiger partial charge in [0, 0.05) is 17.5 Å². The second-order valence-electron chi connectivity index (χ2n) is 4.91. The van der Waals surface area contributed by atoms with Gasteiger partial charge in [-0.25, -0.2) is 0 Å². The molecule has 17 heavy (non-hydrogen) atoms. The van der Waals surface area contributed by atoms with E-state index in [0.29, 0.717) is 5.92 Å². The van der Waals surface area contributed by atoms with Crippen LogP contribution in [0.15, 0.2) is 12.1 Å². The zero-order chi connectivity index (χ0) is 12.4. The Labute approximate surface area is 108 Å². The van der Waals surface area contributed by atoms with Crippen molar-refractivity contribution in [2.24, 2.45) is 11.7 Å². The van der Waals surface area contributed by atoms with Crippen LogP contribution in [0.2, 0.25) is 5.02 Å². The monoisotopic (exact) mass is 253 g/mol. The van der Waals surface area contributed by atoms with Crippen molar-refractivity contribution in [1.29, 1.82) is 0 Å². The first-order valence-corrected chi connectivity index (χ1v) is 6.69. The highest BCUT2D eigenvalue weighted by atomic mass is 35.5. The summed E-state index contributed by atoms with van der Waals surface area (Å²) in [5.41, 5.74) is 8.60. The fraction of sp³-hybridized carbons (Fsp3) is 0.571. The summed E-state index contributed by atoms with van der Waals surface area (Å²) in [6.07, 6.45) is 2.91. The number of nitrogens with two attached hydrogens (primary N) is 1. The topological polar surface area (TPSA) is 35.2 Å². The van der Waals surface area contributed by atoms with Gasteiger partial charge < -0.3 is 10.5 Å². The zero-order valence-electron chi connectivity index (χ0n) is 10.5. The predicted octanol–water partition coefficient (Wildman–Crippen LogP) is 3.19. The van der Waals surface area contributed by atoms with Crippen molar-refractivity contribution in [2.75, 3.05) is 6.61 Å². The van der Waals surface area contributed by atoms with Gasteiger partial charge in [-0.05, 0) is 35.6 Å². The number of benzene rings is 1. The summed E-state index contributed by atoms with van der Waals surface area (Å²) in [6.45, 7) is 5.13. The Morgan fingerprint density at radius 1 is 1.47 bits per heavy atom. The minimum atomic E-state index is 0.173. The van der Waals surface area contributed by atoms with Gasteiger partial charge in [0.15, 0.2) is 0 Å². The third-order valence-electron chi connectivity index (χ3n) is 3.66. The van der Waals surface area contributed by atoms with E-state index in [1.807, 2.05) is 12.1 Å². The second kappa shape index (κ2) is 5.28. The lowest BCUT2D eigenvalue weighted by molar-refractivity contribution is 0.349. The fourth-order valence-electron chi connectivity index (χ4n) is 2.26. The predicted molar refractivity (Wildman–Crippen MR) is 71.8 cm³/mol. The van der Waals surface area contributed by atoms with Crippen molar-refractivity contribution in [3.8, 4) is 5.75 Å². The Hall–Kier alpha value is -0.730. The molecule has 0 fully saturated rings. The van der Waals surface area contributed by atoms with E-state index in [9.17, 15) is 0 Å². The van der Waals surface area contributed by atoms with E-state index >= 15 is 0 Å². The maximum Gasteiger partial charge on any atom is 0.125 e. The maximum absolute atomic E-state index is 6.21. The van der Waals surface area contributed by atoms with Crippen LogP contribution in [0.3, 0.4) is 0 Å². The summed E-state index contributed by atoms with van der Waals surface area (Å²) in [6, 6.07) is 4.17. The van der Waals surface area contributed by atoms with Crippen LogP contribution in [0.5, 0.6) is 5.75 Å². The van der Waals surface area contributed by atoms with Gasteiger partial charge in [-0.3, -0.25) is 0 Å². The maximum atomic E-state index is 6.21. The minimum Gasteiger partial charge on any atom is -0.493 e. The quantitative estimate of drug-likeness (QED) is 0.895. The van der Waals surface area contributed by atoms with Crippen LogP contribution in [-0.2, 0) is 12.8 Å². The molecule has 94 valence electrons. The van der Waals surface area contributed by atoms with Gasteiger partial charge in [0.05, 0.1) is 6.61 Å². The number of ether oxygens (including phenoxy) is 1. The van der Waals surface area contributed by atoms with E-state index in [2.05, 4.69) is 13.8 Å². The molecule has 0 spiro atoms. The summed E-state index contributed by atoms with van der Waals surface area (Å²) < 4.78 is 5.68. The van der Waals surface area contributed by atoms with E-state index in [-0.39, 0.29) is 6.04 Å². The van der Waals surface area contributed by atoms with E-state index in [4.69, 9.17) is 22.1 Å². The van der Waals surface area contributed by atoms with Gasteiger partial charge in [0.25, 0.3) is 0 Å². The molecule has 2 unspecified atom stereocenters. The highest BCUT2D eigenvalue weighted by Crippen LogP contribution is 2.34. The van der Waals surface area contributed by atoms with Crippen molar-refractivity contribution in [3.63, 3.8) is 0 Å². The highest BCUT2D eigenvalue weighted by molar-refractivity contribution is 6.30. The molecular weight excluding hydrogens is 234 g/mol. The summed E-state index contributed by atoms with van der Waals surface area (Å²) in [5, 5.41) is 0.792. The third kappa shape index (κ3) is 2.75. The van der Waals surface area contributed by atoms with Gasteiger partial charge in [0.1, 0.15) is 5.75 Å². The first kappa shape index (κ1) is 12.7. The number of hydrogen-bond donors (Lipinski definition) is 1. The lowest BCUT2D eigenvalue weighted by Crippen LogP contribution is -2.30. The molecule has 0 amide bonds. The van der Waals surface area contributed by atoms with Crippen LogP contribution in [0, 0.1) is 5.92 Å². The van der Waals surface area contributed by atoms with Gasteiger partial charge >= 0.3 is 0 Å². The smallest absolute Gasteiger partial charge is 0.125 e. The first-order valence-electron chi connectivity index (χ1n) is 6.31. The Bertz CT molecular complexity index is 405. The third-order valence-corrected chi connectivity index (χ3v) is 3.87. The number of fused-ring (bicyclic) bond motifs is 1. The average molecular weight is 254 g/mol. The Balaban J connectivity index is 2.21. The largest absolute Gasteiger partial charge is 0.493 e. The van der Waals surface area contributed by atoms with Gasteiger partial charge in [-0.15, -0.1) is 0 Å². The van der Waals surface area contributed by atoms with Crippen molar-refractivity contribution in [3.05, 3.63) is 28.3 Å². The van der Waals surface area contributed by atoms with Crippen LogP contribution in [0.4, 0.5) is 0 Å². The number of hydrogen-bond acceptors (Lipinski definition) is 2. The molecule has 2 atom stereocenters. The van der Waals surface area contributed by atoms with Crippen molar-refractivity contribution < 1.29 is 4.74 Å². The van der Waals surface area contributed by atoms with E-state index in [1.54, 1.807) is 0 Å². The van der Waals surface area contributed by atoms with Crippen LogP contribution < -0.4 is 10.5 Å². The van der Waals surface area contributed by atoms with E-state index < -0.39 is 0 Å². The van der Waals surface area contributed by atoms with Gasteiger partial charge in [-0.2, -0.15) is 0 Å². The summed E-state index contributed by atoms with van der Waals surface area (Å²) in [5.74, 6) is 1.54. The van der Waals surface area contributed by atoms with E-state index in [1.165, 1.54) is 5.56 Å². The molecule has 1 aromatic carbocycles. The molecule has 2 nitrogen and oxygen atoms in total. The van der Waals surface area contributed by atoms with Crippen LogP contribution in [0.25, 0.3) is 0 Å². The molecule has 1 aromatic rings. The molecule has 3 heteroatoms. The molecule has 0 saturated heterocycles. The molecule has 1 aliphatic rings. The van der Waals surface area contributed by atoms with Crippen molar-refractivity contribution in [1.82, 2.24) is 0 Å². The average Bonchev–Trinajstić information content (AvgIpc) is 2.75. The zero-order valence-corrected chi connectivity index (χ0v) is 11.3. The summed E-state index contributed by atoms with van der Waals surface area (Å²) in [4.78, 5) is 0. The lowest BCUT2D eigenvalue weighted by atomic mass is 9.92. The molecule has 1 aliphatic heterocycles. The molecule has 0 aliphatic carbocycles. The van der Waals surface area contributed by atoms with Crippen molar-refractivity contribution in [2.45, 2.75) is 39.2 Å². The van der Waals surface area contributed by atoms with Crippen LogP contribution in [0.1, 0.15) is 31.4 Å². The second-order valence-corrected chi connectivity index (χ2v) is 5.34. The van der Waals surface area contributed by atoms with Gasteiger partial charge in [0.2, 0.25) is 0 Å². The SMILES string of the molecule is CCC(C)C(N)Cc1cc(Cl)cc2c1OCC2. The summed E-state index contributed by atoms with van der Waals surface area (Å²) >= 11 is 6.13.